The number of esters is 1. The smallest absolute Gasteiger partial charge is 0.331 e. The number of hydrogen-bond donors (Lipinski definition) is 0. The molecule has 6 rings (SSSR count). The second-order valence-electron chi connectivity index (χ2n) is 8.27. The fourth-order valence-corrected chi connectivity index (χ4v) is 4.69. The van der Waals surface area contributed by atoms with E-state index in [0.717, 1.165) is 11.1 Å². The normalized spacial score (nSPS) is 20.3. The molecule has 0 unspecified atom stereocenters. The van der Waals surface area contributed by atoms with Gasteiger partial charge < -0.3 is 23.7 Å². The Labute approximate surface area is 195 Å². The van der Waals surface area contributed by atoms with Crippen LogP contribution in [0.4, 0.5) is 0 Å². The SMILES string of the molecule is O=C1C=C[C@@](c2ccccc2)([C@H](CC(=O)c2ccc3c(c2)OCO3)c2ccc3c(c2)OCO3)O1. The largest absolute Gasteiger partial charge is 0.454 e. The minimum atomic E-state index is -1.15. The first-order valence-electron chi connectivity index (χ1n) is 10.9. The standard InChI is InChI=1S/C27H20O7/c28-21(18-7-9-23-25(13-18)33-16-31-23)14-20(17-6-8-22-24(12-17)32-15-30-22)27(11-10-26(29)34-27)19-4-2-1-3-5-19/h1-13,20H,14-16H2/t20-,27-/m1/s1. The van der Waals surface area contributed by atoms with Crippen molar-refractivity contribution in [2.24, 2.45) is 0 Å². The highest BCUT2D eigenvalue weighted by molar-refractivity contribution is 5.97. The minimum Gasteiger partial charge on any atom is -0.454 e. The topological polar surface area (TPSA) is 80.3 Å². The molecule has 0 radical (unpaired) electrons. The molecule has 34 heavy (non-hydrogen) atoms. The fourth-order valence-electron chi connectivity index (χ4n) is 4.69. The van der Waals surface area contributed by atoms with Crippen molar-refractivity contribution in [3.8, 4) is 23.0 Å². The summed E-state index contributed by atoms with van der Waals surface area (Å²) < 4.78 is 27.8. The van der Waals surface area contributed by atoms with Crippen molar-refractivity contribution in [3.63, 3.8) is 0 Å². The minimum absolute atomic E-state index is 0.0752. The van der Waals surface area contributed by atoms with Gasteiger partial charge in [0.05, 0.1) is 0 Å². The summed E-state index contributed by atoms with van der Waals surface area (Å²) in [4.78, 5) is 25.9. The van der Waals surface area contributed by atoms with Crippen LogP contribution in [0.1, 0.15) is 33.8 Å². The summed E-state index contributed by atoms with van der Waals surface area (Å²) in [5, 5.41) is 0. The molecule has 170 valence electrons. The summed E-state index contributed by atoms with van der Waals surface area (Å²) in [6.07, 6.45) is 3.23. The molecule has 0 bridgehead atoms. The Morgan fingerprint density at radius 1 is 0.824 bits per heavy atom. The number of benzene rings is 3. The van der Waals surface area contributed by atoms with Crippen LogP contribution in [0.5, 0.6) is 23.0 Å². The summed E-state index contributed by atoms with van der Waals surface area (Å²) in [7, 11) is 0. The molecule has 3 aliphatic heterocycles. The zero-order chi connectivity index (χ0) is 23.1. The monoisotopic (exact) mass is 456 g/mol. The zero-order valence-corrected chi connectivity index (χ0v) is 18.1. The van der Waals surface area contributed by atoms with Gasteiger partial charge in [-0.05, 0) is 42.0 Å². The van der Waals surface area contributed by atoms with E-state index < -0.39 is 17.5 Å². The van der Waals surface area contributed by atoms with Crippen molar-refractivity contribution in [1.82, 2.24) is 0 Å². The lowest BCUT2D eigenvalue weighted by Gasteiger charge is -2.36. The molecule has 0 amide bonds. The lowest BCUT2D eigenvalue weighted by Crippen LogP contribution is -2.35. The van der Waals surface area contributed by atoms with Gasteiger partial charge in [0, 0.05) is 29.5 Å². The molecule has 7 heteroatoms. The van der Waals surface area contributed by atoms with Crippen LogP contribution in [0.2, 0.25) is 0 Å². The maximum atomic E-state index is 13.6. The highest BCUT2D eigenvalue weighted by Crippen LogP contribution is 2.48. The van der Waals surface area contributed by atoms with Crippen LogP contribution in [0, 0.1) is 0 Å². The number of rotatable bonds is 6. The van der Waals surface area contributed by atoms with Crippen molar-refractivity contribution < 1.29 is 33.3 Å². The lowest BCUT2D eigenvalue weighted by molar-refractivity contribution is -0.148. The summed E-state index contributed by atoms with van der Waals surface area (Å²) in [5.41, 5.74) is 0.907. The van der Waals surface area contributed by atoms with Gasteiger partial charge >= 0.3 is 5.97 Å². The predicted molar refractivity (Wildman–Crippen MR) is 120 cm³/mol. The second kappa shape index (κ2) is 7.95. The van der Waals surface area contributed by atoms with Gasteiger partial charge in [0.15, 0.2) is 34.4 Å². The molecule has 0 saturated carbocycles. The van der Waals surface area contributed by atoms with E-state index in [9.17, 15) is 9.59 Å². The van der Waals surface area contributed by atoms with Gasteiger partial charge in [-0.25, -0.2) is 4.79 Å². The molecular formula is C27H20O7. The molecule has 3 aromatic carbocycles. The van der Waals surface area contributed by atoms with E-state index in [1.165, 1.54) is 6.08 Å². The molecule has 2 atom stereocenters. The Balaban J connectivity index is 1.44. The third-order valence-corrected chi connectivity index (χ3v) is 6.36. The predicted octanol–water partition coefficient (Wildman–Crippen LogP) is 4.51. The first kappa shape index (κ1) is 20.4. The van der Waals surface area contributed by atoms with E-state index >= 15 is 0 Å². The van der Waals surface area contributed by atoms with E-state index in [1.807, 2.05) is 48.5 Å². The lowest BCUT2D eigenvalue weighted by atomic mass is 9.74. The Hall–Kier alpha value is -4.26. The number of Topliss-reactive ketones (excluding diaryl/α,β-unsaturated/α-hetero) is 1. The number of cyclic esters (lactones) is 1. The van der Waals surface area contributed by atoms with Gasteiger partial charge in [-0.3, -0.25) is 4.79 Å². The van der Waals surface area contributed by atoms with Crippen LogP contribution in [-0.4, -0.2) is 25.3 Å². The zero-order valence-electron chi connectivity index (χ0n) is 18.1. The molecule has 0 fully saturated rings. The Bertz CT molecular complexity index is 1310. The van der Waals surface area contributed by atoms with Crippen LogP contribution in [0.25, 0.3) is 0 Å². The average Bonchev–Trinajstić information content (AvgIpc) is 3.62. The number of hydrogen-bond acceptors (Lipinski definition) is 7. The summed E-state index contributed by atoms with van der Waals surface area (Å²) in [6, 6.07) is 20.1. The first-order valence-corrected chi connectivity index (χ1v) is 10.9. The molecule has 0 aromatic heterocycles. The Morgan fingerprint density at radius 2 is 1.50 bits per heavy atom. The van der Waals surface area contributed by atoms with Crippen molar-refractivity contribution in [3.05, 3.63) is 95.6 Å². The molecule has 3 heterocycles. The maximum absolute atomic E-state index is 13.6. The molecule has 0 N–H and O–H groups in total. The number of fused-ring (bicyclic) bond motifs is 2. The van der Waals surface area contributed by atoms with E-state index in [-0.39, 0.29) is 25.8 Å². The van der Waals surface area contributed by atoms with Gasteiger partial charge in [-0.1, -0.05) is 36.4 Å². The molecule has 7 nitrogen and oxygen atoms in total. The summed E-state index contributed by atoms with van der Waals surface area (Å²) in [5.74, 6) is 1.28. The maximum Gasteiger partial charge on any atom is 0.331 e. The molecular weight excluding hydrogens is 436 g/mol. The number of carbonyl (C=O) groups is 2. The van der Waals surface area contributed by atoms with Crippen molar-refractivity contribution in [2.75, 3.05) is 13.6 Å². The number of carbonyl (C=O) groups excluding carboxylic acids is 2. The van der Waals surface area contributed by atoms with Gasteiger partial charge in [0.1, 0.15) is 0 Å². The van der Waals surface area contributed by atoms with E-state index in [0.29, 0.717) is 28.6 Å². The van der Waals surface area contributed by atoms with E-state index in [4.69, 9.17) is 23.7 Å². The molecule has 3 aromatic rings. The summed E-state index contributed by atoms with van der Waals surface area (Å²) in [6.45, 7) is 0.267. The van der Waals surface area contributed by atoms with Crippen LogP contribution < -0.4 is 18.9 Å². The van der Waals surface area contributed by atoms with Crippen molar-refractivity contribution >= 4 is 11.8 Å². The first-order chi connectivity index (χ1) is 16.6. The summed E-state index contributed by atoms with van der Waals surface area (Å²) >= 11 is 0. The van der Waals surface area contributed by atoms with Gasteiger partial charge in [-0.2, -0.15) is 0 Å². The van der Waals surface area contributed by atoms with Crippen molar-refractivity contribution in [2.45, 2.75) is 17.9 Å². The van der Waals surface area contributed by atoms with Crippen LogP contribution >= 0.6 is 0 Å². The fraction of sp³-hybridized carbons (Fsp3) is 0.185. The Morgan fingerprint density at radius 3 is 2.21 bits per heavy atom. The Kier molecular flexibility index (Phi) is 4.76. The van der Waals surface area contributed by atoms with Crippen LogP contribution in [-0.2, 0) is 15.1 Å². The molecule has 3 aliphatic rings. The average molecular weight is 456 g/mol. The van der Waals surface area contributed by atoms with Gasteiger partial charge in [0.2, 0.25) is 13.6 Å². The molecule has 0 aliphatic carbocycles. The number of ketones is 1. The molecule has 0 saturated heterocycles. The molecule has 0 spiro atoms. The van der Waals surface area contributed by atoms with Crippen LogP contribution in [0.15, 0.2) is 78.9 Å². The van der Waals surface area contributed by atoms with Crippen molar-refractivity contribution in [1.29, 1.82) is 0 Å². The van der Waals surface area contributed by atoms with Gasteiger partial charge in [0.25, 0.3) is 0 Å². The number of ether oxygens (including phenoxy) is 5. The highest BCUT2D eigenvalue weighted by atomic mass is 16.7. The third-order valence-electron chi connectivity index (χ3n) is 6.36. The van der Waals surface area contributed by atoms with Crippen LogP contribution in [0.3, 0.4) is 0 Å². The van der Waals surface area contributed by atoms with E-state index in [2.05, 4.69) is 0 Å². The highest BCUT2D eigenvalue weighted by Gasteiger charge is 2.47. The third kappa shape index (κ3) is 3.37. The second-order valence-corrected chi connectivity index (χ2v) is 8.27. The quantitative estimate of drug-likeness (QED) is 0.399. The van der Waals surface area contributed by atoms with E-state index in [1.54, 1.807) is 24.3 Å². The van der Waals surface area contributed by atoms with Gasteiger partial charge in [-0.15, -0.1) is 0 Å².